The number of carbonyl (C=O) groups is 2. The average molecular weight is 415 g/mol. The molecule has 1 spiro atoms. The molecule has 0 aromatic rings. The number of hydrogen-bond donors (Lipinski definition) is 2. The van der Waals surface area contributed by atoms with Crippen molar-refractivity contribution in [3.05, 3.63) is 34.4 Å². The third-order valence-corrected chi connectivity index (χ3v) is 8.33. The maximum absolute atomic E-state index is 12.6. The second-order valence-corrected chi connectivity index (χ2v) is 10.6. The molecule has 2 fully saturated rings. The zero-order valence-corrected chi connectivity index (χ0v) is 18.7. The van der Waals surface area contributed by atoms with Gasteiger partial charge in [-0.25, -0.2) is 4.79 Å². The van der Waals surface area contributed by atoms with E-state index in [4.69, 9.17) is 4.74 Å². The van der Waals surface area contributed by atoms with Crippen LogP contribution in [0.5, 0.6) is 0 Å². The van der Waals surface area contributed by atoms with Crippen molar-refractivity contribution in [2.75, 3.05) is 0 Å². The Morgan fingerprint density at radius 2 is 1.97 bits per heavy atom. The second-order valence-electron chi connectivity index (χ2n) is 10.6. The van der Waals surface area contributed by atoms with Gasteiger partial charge in [-0.2, -0.15) is 0 Å². The van der Waals surface area contributed by atoms with Gasteiger partial charge in [0.2, 0.25) is 0 Å². The summed E-state index contributed by atoms with van der Waals surface area (Å²) in [6.45, 7) is 10.6. The minimum absolute atomic E-state index is 0.0463. The van der Waals surface area contributed by atoms with Gasteiger partial charge in [0, 0.05) is 11.5 Å². The monoisotopic (exact) mass is 414 g/mol. The molecular weight excluding hydrogens is 380 g/mol. The van der Waals surface area contributed by atoms with Gasteiger partial charge < -0.3 is 14.9 Å². The van der Waals surface area contributed by atoms with E-state index < -0.39 is 12.1 Å². The molecule has 7 unspecified atom stereocenters. The normalized spacial score (nSPS) is 43.2. The van der Waals surface area contributed by atoms with Crippen LogP contribution in [-0.4, -0.2) is 39.8 Å². The minimum Gasteiger partial charge on any atom is -0.478 e. The Bertz CT molecular complexity index is 876. The van der Waals surface area contributed by atoms with Crippen molar-refractivity contribution in [3.8, 4) is 0 Å². The van der Waals surface area contributed by atoms with Crippen LogP contribution in [0, 0.1) is 23.2 Å². The number of carboxylic acids is 1. The molecular formula is C25H34O5. The summed E-state index contributed by atoms with van der Waals surface area (Å²) in [6, 6.07) is 0. The number of aliphatic carboxylic acids is 1. The molecule has 164 valence electrons. The zero-order chi connectivity index (χ0) is 22.0. The van der Waals surface area contributed by atoms with E-state index in [1.807, 2.05) is 6.92 Å². The predicted octanol–water partition coefficient (Wildman–Crippen LogP) is 4.21. The van der Waals surface area contributed by atoms with Crippen molar-refractivity contribution >= 4 is 11.8 Å². The van der Waals surface area contributed by atoms with Crippen molar-refractivity contribution in [1.82, 2.24) is 0 Å². The third-order valence-electron chi connectivity index (χ3n) is 8.33. The van der Waals surface area contributed by atoms with Crippen LogP contribution >= 0.6 is 0 Å². The average Bonchev–Trinajstić information content (AvgIpc) is 3.16. The van der Waals surface area contributed by atoms with Crippen LogP contribution in [0.1, 0.15) is 66.7 Å². The van der Waals surface area contributed by atoms with Gasteiger partial charge >= 0.3 is 5.97 Å². The van der Waals surface area contributed by atoms with Gasteiger partial charge in [-0.15, -0.1) is 0 Å². The first-order valence-electron chi connectivity index (χ1n) is 11.2. The highest BCUT2D eigenvalue weighted by Gasteiger charge is 2.62. The van der Waals surface area contributed by atoms with Gasteiger partial charge in [-0.1, -0.05) is 31.1 Å². The van der Waals surface area contributed by atoms with Crippen molar-refractivity contribution in [1.29, 1.82) is 0 Å². The quantitative estimate of drug-likeness (QED) is 0.661. The summed E-state index contributed by atoms with van der Waals surface area (Å²) in [5.41, 5.74) is 1.87. The lowest BCUT2D eigenvalue weighted by atomic mass is 9.62. The van der Waals surface area contributed by atoms with Crippen molar-refractivity contribution in [3.63, 3.8) is 0 Å². The van der Waals surface area contributed by atoms with Gasteiger partial charge in [0.05, 0.1) is 23.4 Å². The van der Waals surface area contributed by atoms with E-state index in [0.29, 0.717) is 17.9 Å². The number of hydrogen-bond acceptors (Lipinski definition) is 4. The maximum atomic E-state index is 12.6. The van der Waals surface area contributed by atoms with Gasteiger partial charge in [0.25, 0.3) is 0 Å². The number of ketones is 1. The summed E-state index contributed by atoms with van der Waals surface area (Å²) < 4.78 is 6.73. The number of aliphatic hydroxyl groups excluding tert-OH is 1. The second kappa shape index (κ2) is 7.16. The molecule has 1 saturated carbocycles. The standard InChI is InChI=1S/C25H34O5/c1-13(2)8-16-10-15(4)25(30-16)7-6-24(5)12-17-14(3)9-18(26)21(17)22(23(28)29)19(27)11-20(24)25/h8-9,15-17,19-20,27H,6-7,10-12H2,1-5H3,(H,28,29). The van der Waals surface area contributed by atoms with E-state index in [0.717, 1.165) is 31.3 Å². The molecule has 0 aromatic heterocycles. The minimum atomic E-state index is -1.18. The topological polar surface area (TPSA) is 83.8 Å². The molecule has 0 bridgehead atoms. The largest absolute Gasteiger partial charge is 0.478 e. The van der Waals surface area contributed by atoms with E-state index >= 15 is 0 Å². The third kappa shape index (κ3) is 3.13. The molecule has 5 heteroatoms. The van der Waals surface area contributed by atoms with Crippen LogP contribution in [0.3, 0.4) is 0 Å². The number of carbonyl (C=O) groups excluding carboxylic acids is 1. The van der Waals surface area contributed by atoms with Crippen LogP contribution < -0.4 is 0 Å². The van der Waals surface area contributed by atoms with E-state index in [1.165, 1.54) is 5.57 Å². The van der Waals surface area contributed by atoms with Crippen molar-refractivity contribution < 1.29 is 24.5 Å². The van der Waals surface area contributed by atoms with Gasteiger partial charge in [-0.05, 0) is 76.2 Å². The van der Waals surface area contributed by atoms with Gasteiger partial charge in [0.15, 0.2) is 5.78 Å². The summed E-state index contributed by atoms with van der Waals surface area (Å²) >= 11 is 0. The van der Waals surface area contributed by atoms with E-state index in [1.54, 1.807) is 6.08 Å². The Kier molecular flexibility index (Phi) is 5.14. The first kappa shape index (κ1) is 21.5. The zero-order valence-electron chi connectivity index (χ0n) is 18.7. The molecule has 2 N–H and O–H groups in total. The number of fused-ring (bicyclic) bond motifs is 3. The highest BCUT2D eigenvalue weighted by atomic mass is 16.5. The Labute approximate surface area is 178 Å². The Morgan fingerprint density at radius 3 is 2.60 bits per heavy atom. The number of rotatable bonds is 2. The maximum Gasteiger partial charge on any atom is 0.334 e. The van der Waals surface area contributed by atoms with E-state index in [2.05, 4.69) is 33.8 Å². The fraction of sp³-hybridized carbons (Fsp3) is 0.680. The lowest BCUT2D eigenvalue weighted by molar-refractivity contribution is -0.135. The Hall–Kier alpha value is -1.72. The van der Waals surface area contributed by atoms with Crippen LogP contribution in [0.25, 0.3) is 0 Å². The molecule has 1 aliphatic heterocycles. The predicted molar refractivity (Wildman–Crippen MR) is 114 cm³/mol. The highest BCUT2D eigenvalue weighted by molar-refractivity contribution is 6.12. The highest BCUT2D eigenvalue weighted by Crippen LogP contribution is 2.63. The van der Waals surface area contributed by atoms with E-state index in [-0.39, 0.29) is 40.3 Å². The Morgan fingerprint density at radius 1 is 1.27 bits per heavy atom. The Balaban J connectivity index is 1.79. The van der Waals surface area contributed by atoms with E-state index in [9.17, 15) is 19.8 Å². The summed E-state index contributed by atoms with van der Waals surface area (Å²) in [5.74, 6) is -1.29. The van der Waals surface area contributed by atoms with Crippen molar-refractivity contribution in [2.24, 2.45) is 23.2 Å². The smallest absolute Gasteiger partial charge is 0.334 e. The van der Waals surface area contributed by atoms with Crippen LogP contribution in [0.4, 0.5) is 0 Å². The molecule has 4 aliphatic rings. The van der Waals surface area contributed by atoms with Crippen LogP contribution in [-0.2, 0) is 14.3 Å². The van der Waals surface area contributed by atoms with Crippen LogP contribution in [0.15, 0.2) is 34.4 Å². The molecule has 0 amide bonds. The molecule has 0 radical (unpaired) electrons. The molecule has 0 aromatic carbocycles. The van der Waals surface area contributed by atoms with Gasteiger partial charge in [-0.3, -0.25) is 4.79 Å². The number of allylic oxidation sites excluding steroid dienone is 4. The molecule has 7 atom stereocenters. The molecule has 5 nitrogen and oxygen atoms in total. The molecule has 1 saturated heterocycles. The number of carboxylic acid groups (broad SMARTS) is 1. The SMILES string of the molecule is CC(C)=CC1CC(C)C2(CCC3(C)CC4C(C)=CC(=O)C4=C(C(=O)O)C(O)CC32)O1. The summed E-state index contributed by atoms with van der Waals surface area (Å²) in [7, 11) is 0. The molecule has 1 heterocycles. The number of aliphatic hydroxyl groups is 1. The summed E-state index contributed by atoms with van der Waals surface area (Å²) in [4.78, 5) is 24.8. The number of ether oxygens (including phenoxy) is 1. The molecule has 30 heavy (non-hydrogen) atoms. The lowest BCUT2D eigenvalue weighted by Crippen LogP contribution is -2.47. The van der Waals surface area contributed by atoms with Gasteiger partial charge in [0.1, 0.15) is 0 Å². The lowest BCUT2D eigenvalue weighted by Gasteiger charge is -2.45. The molecule has 3 aliphatic carbocycles. The summed E-state index contributed by atoms with van der Waals surface area (Å²) in [6.07, 6.45) is 6.52. The first-order chi connectivity index (χ1) is 14.0. The fourth-order valence-corrected chi connectivity index (χ4v) is 6.96. The summed E-state index contributed by atoms with van der Waals surface area (Å²) in [5, 5.41) is 21.0. The van der Waals surface area contributed by atoms with Crippen LogP contribution in [0.2, 0.25) is 0 Å². The first-order valence-corrected chi connectivity index (χ1v) is 11.2. The van der Waals surface area contributed by atoms with Crippen molar-refractivity contribution in [2.45, 2.75) is 84.5 Å². The molecule has 4 rings (SSSR count). The fourth-order valence-electron chi connectivity index (χ4n) is 6.96.